The maximum atomic E-state index is 9.32. The minimum atomic E-state index is 0.119. The van der Waals surface area contributed by atoms with Crippen LogP contribution in [0.1, 0.15) is 6.42 Å². The third-order valence-corrected chi connectivity index (χ3v) is 5.30. The number of aryl methyl sites for hydroxylation is 1. The summed E-state index contributed by atoms with van der Waals surface area (Å²) in [6.45, 7) is 0.771. The molecule has 5 rings (SSSR count). The molecule has 0 fully saturated rings. The molecule has 0 spiro atoms. The Morgan fingerprint density at radius 3 is 2.94 bits per heavy atom. The van der Waals surface area contributed by atoms with E-state index in [4.69, 9.17) is 9.72 Å². The number of rotatable bonds is 7. The van der Waals surface area contributed by atoms with Gasteiger partial charge >= 0.3 is 0 Å². The van der Waals surface area contributed by atoms with E-state index < -0.39 is 0 Å². The minimum absolute atomic E-state index is 0.119. The molecule has 0 aliphatic carbocycles. The van der Waals surface area contributed by atoms with Gasteiger partial charge in [0.1, 0.15) is 5.75 Å². The number of hydrogen-bond acceptors (Lipinski definition) is 6. The highest BCUT2D eigenvalue weighted by atomic mass is 16.5. The maximum absolute atomic E-state index is 9.32. The zero-order valence-corrected chi connectivity index (χ0v) is 17.0. The standard InChI is InChI=1S/C23H22N6O2/c1-31-21-9-10-24-14-17(21)15-7-8-18-16(13-15)22(28-27-18)26-23-25-19-5-2-3-6-20(19)29(23)11-4-12-30/h2-3,5-10,13-14,30H,4,11-12H2,1H3,(H2,25,26,27,28). The molecule has 8 nitrogen and oxygen atoms in total. The van der Waals surface area contributed by atoms with Crippen molar-refractivity contribution >= 4 is 33.7 Å². The van der Waals surface area contributed by atoms with E-state index >= 15 is 0 Å². The Labute approximate surface area is 178 Å². The Balaban J connectivity index is 1.57. The van der Waals surface area contributed by atoms with E-state index in [1.54, 1.807) is 19.5 Å². The SMILES string of the molecule is COc1ccncc1-c1ccc2[nH]nc(Nc3nc4ccccc4n3CCCO)c2c1. The van der Waals surface area contributed by atoms with Gasteiger partial charge < -0.3 is 19.7 Å². The first kappa shape index (κ1) is 19.1. The van der Waals surface area contributed by atoms with Gasteiger partial charge in [-0.2, -0.15) is 5.10 Å². The molecule has 0 saturated carbocycles. The summed E-state index contributed by atoms with van der Waals surface area (Å²) in [6, 6.07) is 15.9. The molecular weight excluding hydrogens is 392 g/mol. The minimum Gasteiger partial charge on any atom is -0.496 e. The molecule has 156 valence electrons. The molecule has 0 bridgehead atoms. The van der Waals surface area contributed by atoms with Gasteiger partial charge in [-0.25, -0.2) is 4.98 Å². The lowest BCUT2D eigenvalue weighted by Crippen LogP contribution is -2.05. The molecule has 3 aromatic heterocycles. The molecule has 5 aromatic rings. The van der Waals surface area contributed by atoms with Gasteiger partial charge in [-0.15, -0.1) is 0 Å². The summed E-state index contributed by atoms with van der Waals surface area (Å²) in [5, 5.41) is 21.2. The van der Waals surface area contributed by atoms with Crippen LogP contribution in [0.4, 0.5) is 11.8 Å². The largest absolute Gasteiger partial charge is 0.496 e. The average Bonchev–Trinajstić information content (AvgIpc) is 3.38. The van der Waals surface area contributed by atoms with E-state index in [0.717, 1.165) is 38.8 Å². The number of hydrogen-bond donors (Lipinski definition) is 3. The van der Waals surface area contributed by atoms with Crippen LogP contribution < -0.4 is 10.1 Å². The number of fused-ring (bicyclic) bond motifs is 2. The number of methoxy groups -OCH3 is 1. The summed E-state index contributed by atoms with van der Waals surface area (Å²) in [5.41, 5.74) is 4.71. The molecule has 0 saturated heterocycles. The van der Waals surface area contributed by atoms with Crippen LogP contribution in [0, 0.1) is 0 Å². The number of benzene rings is 2. The van der Waals surface area contributed by atoms with Crippen LogP contribution in [-0.4, -0.2) is 43.6 Å². The van der Waals surface area contributed by atoms with Gasteiger partial charge in [0.2, 0.25) is 5.95 Å². The molecule has 3 N–H and O–H groups in total. The highest BCUT2D eigenvalue weighted by Gasteiger charge is 2.15. The molecule has 0 unspecified atom stereocenters. The number of ether oxygens (including phenoxy) is 1. The Hall–Kier alpha value is -3.91. The predicted octanol–water partition coefficient (Wildman–Crippen LogP) is 4.11. The first-order chi connectivity index (χ1) is 15.3. The summed E-state index contributed by atoms with van der Waals surface area (Å²) < 4.78 is 7.56. The lowest BCUT2D eigenvalue weighted by Gasteiger charge is -2.10. The third-order valence-electron chi connectivity index (χ3n) is 5.30. The van der Waals surface area contributed by atoms with Crippen LogP contribution in [0.15, 0.2) is 60.9 Å². The second-order valence-corrected chi connectivity index (χ2v) is 7.19. The monoisotopic (exact) mass is 414 g/mol. The zero-order chi connectivity index (χ0) is 21.2. The van der Waals surface area contributed by atoms with Gasteiger partial charge in [0.05, 0.1) is 23.7 Å². The molecule has 31 heavy (non-hydrogen) atoms. The molecule has 0 radical (unpaired) electrons. The third kappa shape index (κ3) is 3.47. The first-order valence-corrected chi connectivity index (χ1v) is 10.1. The van der Waals surface area contributed by atoms with Crippen LogP contribution in [0.5, 0.6) is 5.75 Å². The topological polar surface area (TPSA) is 101 Å². The van der Waals surface area contributed by atoms with Crippen molar-refractivity contribution < 1.29 is 9.84 Å². The number of nitrogens with one attached hydrogen (secondary N) is 2. The highest BCUT2D eigenvalue weighted by Crippen LogP contribution is 2.33. The molecule has 8 heteroatoms. The average molecular weight is 414 g/mol. The van der Waals surface area contributed by atoms with Crippen molar-refractivity contribution in [1.82, 2.24) is 24.7 Å². The Morgan fingerprint density at radius 1 is 1.16 bits per heavy atom. The number of para-hydroxylation sites is 2. The highest BCUT2D eigenvalue weighted by molar-refractivity contribution is 5.95. The van der Waals surface area contributed by atoms with E-state index in [1.807, 2.05) is 42.5 Å². The lowest BCUT2D eigenvalue weighted by molar-refractivity contribution is 0.281. The second-order valence-electron chi connectivity index (χ2n) is 7.19. The maximum Gasteiger partial charge on any atom is 0.209 e. The van der Waals surface area contributed by atoms with E-state index in [-0.39, 0.29) is 6.61 Å². The lowest BCUT2D eigenvalue weighted by atomic mass is 10.0. The van der Waals surface area contributed by atoms with Crippen LogP contribution in [0.3, 0.4) is 0 Å². The van der Waals surface area contributed by atoms with Gasteiger partial charge in [0, 0.05) is 36.5 Å². The fraction of sp³-hybridized carbons (Fsp3) is 0.174. The van der Waals surface area contributed by atoms with E-state index in [2.05, 4.69) is 31.1 Å². The van der Waals surface area contributed by atoms with Crippen LogP contribution in [0.25, 0.3) is 33.1 Å². The molecule has 2 aromatic carbocycles. The molecule has 3 heterocycles. The van der Waals surface area contributed by atoms with Gasteiger partial charge in [-0.3, -0.25) is 10.1 Å². The second kappa shape index (κ2) is 8.08. The van der Waals surface area contributed by atoms with E-state index in [1.165, 1.54) is 0 Å². The van der Waals surface area contributed by atoms with Crippen LogP contribution in [-0.2, 0) is 6.54 Å². The molecule has 0 aliphatic heterocycles. The number of aromatic amines is 1. The molecule has 0 amide bonds. The number of anilines is 2. The van der Waals surface area contributed by atoms with Crippen molar-refractivity contribution in [3.05, 3.63) is 60.9 Å². The van der Waals surface area contributed by atoms with Crippen LogP contribution in [0.2, 0.25) is 0 Å². The molecule has 0 atom stereocenters. The molecule has 0 aliphatic rings. The Kier molecular flexibility index (Phi) is 4.97. The molecular formula is C23H22N6O2. The summed E-state index contributed by atoms with van der Waals surface area (Å²) in [6.07, 6.45) is 4.14. The van der Waals surface area contributed by atoms with Gasteiger partial charge in [0.15, 0.2) is 5.82 Å². The fourth-order valence-corrected chi connectivity index (χ4v) is 3.79. The van der Waals surface area contributed by atoms with Crippen LogP contribution >= 0.6 is 0 Å². The van der Waals surface area contributed by atoms with Crippen molar-refractivity contribution in [3.8, 4) is 16.9 Å². The summed E-state index contributed by atoms with van der Waals surface area (Å²) in [5.74, 6) is 2.13. The fourth-order valence-electron chi connectivity index (χ4n) is 3.79. The van der Waals surface area contributed by atoms with Crippen molar-refractivity contribution in [1.29, 1.82) is 0 Å². The number of aliphatic hydroxyl groups excluding tert-OH is 1. The summed E-state index contributed by atoms with van der Waals surface area (Å²) >= 11 is 0. The number of imidazole rings is 1. The van der Waals surface area contributed by atoms with Crippen molar-refractivity contribution in [2.45, 2.75) is 13.0 Å². The van der Waals surface area contributed by atoms with Gasteiger partial charge in [0.25, 0.3) is 0 Å². The number of aliphatic hydroxyl groups is 1. The number of nitrogens with zero attached hydrogens (tertiary/aromatic N) is 4. The Morgan fingerprint density at radius 2 is 2.06 bits per heavy atom. The summed E-state index contributed by atoms with van der Waals surface area (Å²) in [7, 11) is 1.65. The predicted molar refractivity (Wildman–Crippen MR) is 121 cm³/mol. The summed E-state index contributed by atoms with van der Waals surface area (Å²) in [4.78, 5) is 8.98. The zero-order valence-electron chi connectivity index (χ0n) is 17.0. The number of H-pyrrole nitrogens is 1. The van der Waals surface area contributed by atoms with Gasteiger partial charge in [-0.1, -0.05) is 18.2 Å². The van der Waals surface area contributed by atoms with Crippen molar-refractivity contribution in [2.24, 2.45) is 0 Å². The smallest absolute Gasteiger partial charge is 0.209 e. The van der Waals surface area contributed by atoms with E-state index in [9.17, 15) is 5.11 Å². The van der Waals surface area contributed by atoms with Crippen molar-refractivity contribution in [2.75, 3.05) is 19.0 Å². The Bertz CT molecular complexity index is 1360. The quantitative estimate of drug-likeness (QED) is 0.371. The number of pyridine rings is 1. The van der Waals surface area contributed by atoms with Gasteiger partial charge in [-0.05, 0) is 42.3 Å². The van der Waals surface area contributed by atoms with Crippen molar-refractivity contribution in [3.63, 3.8) is 0 Å². The first-order valence-electron chi connectivity index (χ1n) is 10.1. The normalized spacial score (nSPS) is 11.3. The number of aromatic nitrogens is 5. The van der Waals surface area contributed by atoms with E-state index in [0.29, 0.717) is 24.7 Å².